The first-order valence-corrected chi connectivity index (χ1v) is 7.20. The number of hydrogen-bond donors (Lipinski definition) is 1. The smallest absolute Gasteiger partial charge is 0.128 e. The van der Waals surface area contributed by atoms with Crippen LogP contribution in [0.15, 0.2) is 18.2 Å². The van der Waals surface area contributed by atoms with Gasteiger partial charge in [0.1, 0.15) is 11.6 Å². The van der Waals surface area contributed by atoms with Crippen LogP contribution in [0.2, 0.25) is 0 Å². The highest BCUT2D eigenvalue weighted by Crippen LogP contribution is 2.31. The molecule has 1 saturated carbocycles. The highest BCUT2D eigenvalue weighted by Gasteiger charge is 2.28. The predicted molar refractivity (Wildman–Crippen MR) is 73.9 cm³/mol. The van der Waals surface area contributed by atoms with Crippen molar-refractivity contribution in [2.75, 3.05) is 0 Å². The Morgan fingerprint density at radius 3 is 2.68 bits per heavy atom. The quantitative estimate of drug-likeness (QED) is 0.853. The van der Waals surface area contributed by atoms with Crippen molar-refractivity contribution in [3.8, 4) is 0 Å². The first-order valence-electron chi connectivity index (χ1n) is 7.20. The molecule has 2 rings (SSSR count). The summed E-state index contributed by atoms with van der Waals surface area (Å²) >= 11 is 0. The molecule has 3 heteroatoms. The van der Waals surface area contributed by atoms with E-state index in [0.717, 1.165) is 12.5 Å². The van der Waals surface area contributed by atoms with Gasteiger partial charge >= 0.3 is 0 Å². The van der Waals surface area contributed by atoms with E-state index < -0.39 is 0 Å². The van der Waals surface area contributed by atoms with Crippen molar-refractivity contribution in [3.63, 3.8) is 0 Å². The van der Waals surface area contributed by atoms with E-state index in [-0.39, 0.29) is 17.7 Å². The molecule has 1 nitrogen and oxygen atoms in total. The van der Waals surface area contributed by atoms with E-state index in [0.29, 0.717) is 23.4 Å². The van der Waals surface area contributed by atoms with Crippen molar-refractivity contribution in [2.24, 2.45) is 11.8 Å². The zero-order valence-corrected chi connectivity index (χ0v) is 11.9. The molecule has 0 radical (unpaired) electrons. The van der Waals surface area contributed by atoms with Crippen LogP contribution in [0.1, 0.15) is 51.6 Å². The second kappa shape index (κ2) is 6.00. The normalized spacial score (nSPS) is 29.2. The van der Waals surface area contributed by atoms with Gasteiger partial charge in [0.25, 0.3) is 0 Å². The van der Waals surface area contributed by atoms with Gasteiger partial charge in [-0.15, -0.1) is 0 Å². The summed E-state index contributed by atoms with van der Waals surface area (Å²) in [5.41, 5.74) is 0.422. The van der Waals surface area contributed by atoms with Gasteiger partial charge in [0.2, 0.25) is 0 Å². The standard InChI is InChI=1S/C16H23F2N/c1-10-5-4-6-16(11(10)2)19-12(3)14-9-13(17)7-8-15(14)18/h7-12,16,19H,4-6H2,1-3H3. The maximum absolute atomic E-state index is 13.7. The zero-order valence-electron chi connectivity index (χ0n) is 11.9. The van der Waals surface area contributed by atoms with E-state index in [2.05, 4.69) is 19.2 Å². The number of hydrogen-bond acceptors (Lipinski definition) is 1. The first kappa shape index (κ1) is 14.4. The average molecular weight is 267 g/mol. The highest BCUT2D eigenvalue weighted by molar-refractivity contribution is 5.22. The number of rotatable bonds is 3. The summed E-state index contributed by atoms with van der Waals surface area (Å²) in [6.45, 7) is 6.42. The summed E-state index contributed by atoms with van der Waals surface area (Å²) in [5.74, 6) is 0.552. The molecule has 1 fully saturated rings. The number of benzene rings is 1. The van der Waals surface area contributed by atoms with Crippen LogP contribution < -0.4 is 5.32 Å². The Bertz CT molecular complexity index is 433. The molecule has 0 amide bonds. The summed E-state index contributed by atoms with van der Waals surface area (Å²) in [6, 6.07) is 3.89. The van der Waals surface area contributed by atoms with Crippen LogP contribution in [-0.2, 0) is 0 Å². The Morgan fingerprint density at radius 1 is 1.21 bits per heavy atom. The van der Waals surface area contributed by atoms with Crippen molar-refractivity contribution >= 4 is 0 Å². The van der Waals surface area contributed by atoms with E-state index in [4.69, 9.17) is 0 Å². The molecule has 1 aromatic carbocycles. The minimum atomic E-state index is -0.380. The molecule has 0 spiro atoms. The maximum atomic E-state index is 13.7. The Hall–Kier alpha value is -0.960. The molecule has 106 valence electrons. The summed E-state index contributed by atoms with van der Waals surface area (Å²) < 4.78 is 27.0. The number of halogens is 2. The molecule has 0 aliphatic heterocycles. The van der Waals surface area contributed by atoms with Crippen LogP contribution in [0.3, 0.4) is 0 Å². The summed E-state index contributed by atoms with van der Waals surface area (Å²) in [6.07, 6.45) is 3.59. The van der Waals surface area contributed by atoms with Crippen LogP contribution in [0.5, 0.6) is 0 Å². The SMILES string of the molecule is CC(NC1CCCC(C)C1C)c1cc(F)ccc1F. The minimum Gasteiger partial charge on any atom is -0.307 e. The maximum Gasteiger partial charge on any atom is 0.128 e. The van der Waals surface area contributed by atoms with Gasteiger partial charge in [-0.2, -0.15) is 0 Å². The van der Waals surface area contributed by atoms with Gasteiger partial charge in [0.15, 0.2) is 0 Å². The first-order chi connectivity index (χ1) is 8.99. The van der Waals surface area contributed by atoms with Crippen LogP contribution >= 0.6 is 0 Å². The van der Waals surface area contributed by atoms with Gasteiger partial charge in [0.05, 0.1) is 0 Å². The lowest BCUT2D eigenvalue weighted by molar-refractivity contribution is 0.195. The van der Waals surface area contributed by atoms with Gasteiger partial charge in [-0.05, 0) is 43.4 Å². The van der Waals surface area contributed by atoms with E-state index in [1.54, 1.807) is 0 Å². The van der Waals surface area contributed by atoms with Gasteiger partial charge in [-0.25, -0.2) is 8.78 Å². The van der Waals surface area contributed by atoms with E-state index in [9.17, 15) is 8.78 Å². The van der Waals surface area contributed by atoms with Crippen LogP contribution in [-0.4, -0.2) is 6.04 Å². The third-order valence-electron chi connectivity index (χ3n) is 4.60. The topological polar surface area (TPSA) is 12.0 Å². The molecule has 1 N–H and O–H groups in total. The van der Waals surface area contributed by atoms with Crippen LogP contribution in [0.25, 0.3) is 0 Å². The summed E-state index contributed by atoms with van der Waals surface area (Å²) in [7, 11) is 0. The fraction of sp³-hybridized carbons (Fsp3) is 0.625. The fourth-order valence-corrected chi connectivity index (χ4v) is 3.07. The predicted octanol–water partition coefficient (Wildman–Crippen LogP) is 4.44. The minimum absolute atomic E-state index is 0.159. The number of nitrogens with one attached hydrogen (secondary N) is 1. The molecule has 0 aromatic heterocycles. The van der Waals surface area contributed by atoms with Crippen molar-refractivity contribution in [1.29, 1.82) is 0 Å². The van der Waals surface area contributed by atoms with E-state index in [1.165, 1.54) is 25.0 Å². The van der Waals surface area contributed by atoms with Gasteiger partial charge < -0.3 is 5.32 Å². The molecule has 4 unspecified atom stereocenters. The molecule has 4 atom stereocenters. The second-order valence-electron chi connectivity index (χ2n) is 5.93. The lowest BCUT2D eigenvalue weighted by atomic mass is 9.77. The van der Waals surface area contributed by atoms with Crippen LogP contribution in [0, 0.1) is 23.5 Å². The van der Waals surface area contributed by atoms with Gasteiger partial charge in [0, 0.05) is 17.6 Å². The summed E-state index contributed by atoms with van der Waals surface area (Å²) in [5, 5.41) is 3.48. The Balaban J connectivity index is 2.08. The highest BCUT2D eigenvalue weighted by atomic mass is 19.1. The Morgan fingerprint density at radius 2 is 1.95 bits per heavy atom. The average Bonchev–Trinajstić information content (AvgIpc) is 2.38. The van der Waals surface area contributed by atoms with Crippen molar-refractivity contribution in [2.45, 2.75) is 52.1 Å². The Kier molecular flexibility index (Phi) is 4.56. The largest absolute Gasteiger partial charge is 0.307 e. The third kappa shape index (κ3) is 3.33. The van der Waals surface area contributed by atoms with Gasteiger partial charge in [-0.1, -0.05) is 26.7 Å². The monoisotopic (exact) mass is 267 g/mol. The molecule has 1 aliphatic carbocycles. The van der Waals surface area contributed by atoms with Gasteiger partial charge in [-0.3, -0.25) is 0 Å². The molecule has 0 saturated heterocycles. The second-order valence-corrected chi connectivity index (χ2v) is 5.93. The molecule has 1 aromatic rings. The molecular formula is C16H23F2N. The van der Waals surface area contributed by atoms with Crippen molar-refractivity contribution in [1.82, 2.24) is 5.32 Å². The molecule has 0 heterocycles. The third-order valence-corrected chi connectivity index (χ3v) is 4.60. The lowest BCUT2D eigenvalue weighted by Crippen LogP contribution is -2.41. The van der Waals surface area contributed by atoms with Crippen LogP contribution in [0.4, 0.5) is 8.78 Å². The molecule has 19 heavy (non-hydrogen) atoms. The zero-order chi connectivity index (χ0) is 14.0. The lowest BCUT2D eigenvalue weighted by Gasteiger charge is -2.36. The molecule has 1 aliphatic rings. The Labute approximate surface area is 114 Å². The summed E-state index contributed by atoms with van der Waals surface area (Å²) in [4.78, 5) is 0. The fourth-order valence-electron chi connectivity index (χ4n) is 3.07. The molecule has 0 bridgehead atoms. The van der Waals surface area contributed by atoms with Crippen molar-refractivity contribution < 1.29 is 8.78 Å². The van der Waals surface area contributed by atoms with E-state index in [1.807, 2.05) is 6.92 Å². The van der Waals surface area contributed by atoms with E-state index >= 15 is 0 Å². The molecular weight excluding hydrogens is 244 g/mol. The van der Waals surface area contributed by atoms with Crippen molar-refractivity contribution in [3.05, 3.63) is 35.4 Å².